The maximum absolute atomic E-state index is 13.9. The second kappa shape index (κ2) is 12.9. The third-order valence-corrected chi connectivity index (χ3v) is 8.23. The number of carbonyl (C=O) groups is 2. The summed E-state index contributed by atoms with van der Waals surface area (Å²) in [4.78, 5) is 27.8. The molecule has 1 saturated heterocycles. The van der Waals surface area contributed by atoms with Crippen LogP contribution in [0.5, 0.6) is 11.5 Å². The van der Waals surface area contributed by atoms with Gasteiger partial charge in [-0.2, -0.15) is 0 Å². The number of nitrogens with zero attached hydrogens (tertiary/aromatic N) is 1. The first-order chi connectivity index (χ1) is 19.2. The van der Waals surface area contributed by atoms with Gasteiger partial charge in [0.15, 0.2) is 0 Å². The molecular weight excluding hydrogens is 512 g/mol. The minimum absolute atomic E-state index is 0.165. The van der Waals surface area contributed by atoms with E-state index in [9.17, 15) is 14.7 Å². The second-order valence-electron chi connectivity index (χ2n) is 10.7. The summed E-state index contributed by atoms with van der Waals surface area (Å²) in [5.74, 6) is 0.875. The van der Waals surface area contributed by atoms with Crippen LogP contribution in [0.2, 0.25) is 0 Å². The number of benzene rings is 2. The summed E-state index contributed by atoms with van der Waals surface area (Å²) in [6, 6.07) is 11.0. The molecule has 0 bridgehead atoms. The molecule has 2 aromatic carbocycles. The smallest absolute Gasteiger partial charge is 0.329 e. The summed E-state index contributed by atoms with van der Waals surface area (Å²) < 4.78 is 23.2. The van der Waals surface area contributed by atoms with Crippen LogP contribution in [0.4, 0.5) is 4.79 Å². The van der Waals surface area contributed by atoms with Crippen LogP contribution in [0, 0.1) is 6.92 Å². The summed E-state index contributed by atoms with van der Waals surface area (Å²) in [5, 5.41) is 12.9. The molecule has 2 amide bonds. The van der Waals surface area contributed by atoms with Gasteiger partial charge in [0.2, 0.25) is 0 Å². The van der Waals surface area contributed by atoms with E-state index < -0.39 is 23.6 Å². The molecule has 218 valence electrons. The molecule has 1 aliphatic carbocycles. The van der Waals surface area contributed by atoms with E-state index in [4.69, 9.17) is 18.9 Å². The van der Waals surface area contributed by atoms with Crippen LogP contribution in [-0.2, 0) is 14.3 Å². The topological polar surface area (TPSA) is 107 Å². The van der Waals surface area contributed by atoms with Crippen molar-refractivity contribution < 1.29 is 33.6 Å². The van der Waals surface area contributed by atoms with Crippen LogP contribution < -0.4 is 14.8 Å². The molecule has 2 N–H and O–H groups in total. The Morgan fingerprint density at radius 3 is 2.38 bits per heavy atom. The number of hydrogen-bond acceptors (Lipinski definition) is 6. The predicted molar refractivity (Wildman–Crippen MR) is 151 cm³/mol. The first-order valence-electron chi connectivity index (χ1n) is 14.0. The van der Waals surface area contributed by atoms with Gasteiger partial charge in [-0.25, -0.2) is 9.59 Å². The standard InChI is InChI=1S/C31H42N2O7/c1-20-25(19-26(37-4)27(24-11-12-24)28(20)38-5)21(2)33(15-18-40-22(3)23-9-7-6-8-10-23)30(36)32-31(29(34)35)13-16-39-17-14-31/h6-10,19,21-22,24H,11-18H2,1-5H3,(H,32,36)(H,34,35)/t21?,22-/m0/s1. The van der Waals surface area contributed by atoms with E-state index in [0.29, 0.717) is 5.92 Å². The van der Waals surface area contributed by atoms with Gasteiger partial charge in [-0.05, 0) is 62.3 Å². The van der Waals surface area contributed by atoms with Crippen LogP contribution in [0.15, 0.2) is 36.4 Å². The van der Waals surface area contributed by atoms with E-state index in [1.54, 1.807) is 19.1 Å². The molecule has 1 unspecified atom stereocenters. The molecule has 1 heterocycles. The van der Waals surface area contributed by atoms with Gasteiger partial charge in [-0.1, -0.05) is 30.3 Å². The van der Waals surface area contributed by atoms with Crippen molar-refractivity contribution in [3.63, 3.8) is 0 Å². The molecule has 2 atom stereocenters. The Kier molecular flexibility index (Phi) is 9.58. The van der Waals surface area contributed by atoms with Crippen molar-refractivity contribution in [1.29, 1.82) is 0 Å². The van der Waals surface area contributed by atoms with Crippen LogP contribution in [0.1, 0.15) is 79.8 Å². The molecule has 2 aromatic rings. The van der Waals surface area contributed by atoms with Crippen molar-refractivity contribution in [2.45, 2.75) is 70.1 Å². The second-order valence-corrected chi connectivity index (χ2v) is 10.7. The van der Waals surface area contributed by atoms with Crippen LogP contribution >= 0.6 is 0 Å². The molecule has 9 heteroatoms. The van der Waals surface area contributed by atoms with Gasteiger partial charge in [-0.3, -0.25) is 0 Å². The van der Waals surface area contributed by atoms with Crippen LogP contribution in [0.3, 0.4) is 0 Å². The Labute approximate surface area is 236 Å². The molecule has 4 rings (SSSR count). The lowest BCUT2D eigenvalue weighted by molar-refractivity contribution is -0.148. The minimum atomic E-state index is -1.38. The number of carboxylic acids is 1. The van der Waals surface area contributed by atoms with E-state index in [0.717, 1.165) is 46.6 Å². The summed E-state index contributed by atoms with van der Waals surface area (Å²) in [7, 11) is 3.31. The fraction of sp³-hybridized carbons (Fsp3) is 0.548. The van der Waals surface area contributed by atoms with Gasteiger partial charge in [-0.15, -0.1) is 0 Å². The molecule has 9 nitrogen and oxygen atoms in total. The molecular formula is C31H42N2O7. The first kappa shape index (κ1) is 29.7. The SMILES string of the molecule is COc1cc(C(C)N(CCO[C@@H](C)c2ccccc2)C(=O)NC2(C(=O)O)CCOCC2)c(C)c(OC)c1C1CC1. The van der Waals surface area contributed by atoms with Crippen molar-refractivity contribution in [1.82, 2.24) is 10.2 Å². The zero-order valence-electron chi connectivity index (χ0n) is 24.2. The number of methoxy groups -OCH3 is 2. The molecule has 0 aromatic heterocycles. The predicted octanol–water partition coefficient (Wildman–Crippen LogP) is 5.37. The Balaban J connectivity index is 1.63. The zero-order chi connectivity index (χ0) is 28.9. The number of ether oxygens (including phenoxy) is 4. The number of carboxylic acid groups (broad SMARTS) is 1. The van der Waals surface area contributed by atoms with Crippen LogP contribution in [-0.4, -0.2) is 68.1 Å². The average Bonchev–Trinajstić information content (AvgIpc) is 3.80. The van der Waals surface area contributed by atoms with Crippen molar-refractivity contribution in [2.75, 3.05) is 40.6 Å². The molecule has 1 aliphatic heterocycles. The van der Waals surface area contributed by atoms with Crippen molar-refractivity contribution >= 4 is 12.0 Å². The highest BCUT2D eigenvalue weighted by atomic mass is 16.5. The Morgan fingerprint density at radius 1 is 1.12 bits per heavy atom. The lowest BCUT2D eigenvalue weighted by Gasteiger charge is -2.38. The molecule has 1 saturated carbocycles. The normalized spacial score (nSPS) is 17.9. The summed E-state index contributed by atoms with van der Waals surface area (Å²) in [5.41, 5.74) is 2.54. The summed E-state index contributed by atoms with van der Waals surface area (Å²) in [6.07, 6.45) is 2.42. The highest BCUT2D eigenvalue weighted by molar-refractivity contribution is 5.86. The van der Waals surface area contributed by atoms with Gasteiger partial charge < -0.3 is 34.3 Å². The highest BCUT2D eigenvalue weighted by Crippen LogP contribution is 2.51. The number of urea groups is 1. The van der Waals surface area contributed by atoms with Gasteiger partial charge in [0.1, 0.15) is 17.0 Å². The van der Waals surface area contributed by atoms with E-state index in [1.165, 1.54) is 0 Å². The zero-order valence-corrected chi connectivity index (χ0v) is 24.2. The lowest BCUT2D eigenvalue weighted by atomic mass is 9.90. The van der Waals surface area contributed by atoms with E-state index in [2.05, 4.69) is 5.32 Å². The third-order valence-electron chi connectivity index (χ3n) is 8.23. The van der Waals surface area contributed by atoms with Gasteiger partial charge in [0.05, 0.1) is 33.0 Å². The Morgan fingerprint density at radius 2 is 1.80 bits per heavy atom. The monoisotopic (exact) mass is 554 g/mol. The first-order valence-corrected chi connectivity index (χ1v) is 14.0. The number of aliphatic carboxylic acids is 1. The fourth-order valence-corrected chi connectivity index (χ4v) is 5.57. The number of nitrogens with one attached hydrogen (secondary N) is 1. The third kappa shape index (κ3) is 6.36. The fourth-order valence-electron chi connectivity index (χ4n) is 5.57. The van der Waals surface area contributed by atoms with E-state index >= 15 is 0 Å². The Bertz CT molecular complexity index is 1180. The van der Waals surface area contributed by atoms with Gasteiger partial charge in [0, 0.05) is 38.2 Å². The highest BCUT2D eigenvalue weighted by Gasteiger charge is 2.43. The van der Waals surface area contributed by atoms with Gasteiger partial charge in [0.25, 0.3) is 0 Å². The number of hydrogen-bond donors (Lipinski definition) is 2. The quantitative estimate of drug-likeness (QED) is 0.363. The van der Waals surface area contributed by atoms with Crippen molar-refractivity contribution in [3.8, 4) is 11.5 Å². The van der Waals surface area contributed by atoms with E-state index in [1.807, 2.05) is 57.2 Å². The molecule has 0 spiro atoms. The van der Waals surface area contributed by atoms with Crippen LogP contribution in [0.25, 0.3) is 0 Å². The molecule has 2 aliphatic rings. The number of amides is 2. The summed E-state index contributed by atoms with van der Waals surface area (Å²) >= 11 is 0. The summed E-state index contributed by atoms with van der Waals surface area (Å²) in [6.45, 7) is 6.98. The van der Waals surface area contributed by atoms with E-state index in [-0.39, 0.29) is 45.3 Å². The number of rotatable bonds is 12. The average molecular weight is 555 g/mol. The maximum Gasteiger partial charge on any atom is 0.329 e. The maximum atomic E-state index is 13.9. The minimum Gasteiger partial charge on any atom is -0.496 e. The number of carbonyl (C=O) groups excluding carboxylic acids is 1. The molecule has 2 fully saturated rings. The molecule has 40 heavy (non-hydrogen) atoms. The Hall–Kier alpha value is -3.30. The van der Waals surface area contributed by atoms with Crippen molar-refractivity contribution in [3.05, 3.63) is 58.7 Å². The largest absolute Gasteiger partial charge is 0.496 e. The van der Waals surface area contributed by atoms with Gasteiger partial charge >= 0.3 is 12.0 Å². The van der Waals surface area contributed by atoms with Crippen molar-refractivity contribution in [2.24, 2.45) is 0 Å². The molecule has 0 radical (unpaired) electrons. The lowest BCUT2D eigenvalue weighted by Crippen LogP contribution is -2.60.